The van der Waals surface area contributed by atoms with Crippen molar-refractivity contribution in [3.63, 3.8) is 0 Å². The van der Waals surface area contributed by atoms with Gasteiger partial charge in [0.1, 0.15) is 5.60 Å². The van der Waals surface area contributed by atoms with Crippen molar-refractivity contribution < 1.29 is 28.3 Å². The van der Waals surface area contributed by atoms with Crippen LogP contribution < -0.4 is 5.32 Å². The molecule has 10 nitrogen and oxygen atoms in total. The fraction of sp³-hybridized carbons (Fsp3) is 0.667. The van der Waals surface area contributed by atoms with Gasteiger partial charge < -0.3 is 29.0 Å². The highest BCUT2D eigenvalue weighted by Gasteiger charge is 2.33. The third-order valence-corrected chi connectivity index (χ3v) is 4.25. The normalized spacial score (nSPS) is 18.4. The third-order valence-electron chi connectivity index (χ3n) is 4.25. The number of methoxy groups -OCH3 is 1. The van der Waals surface area contributed by atoms with Crippen molar-refractivity contribution in [1.82, 2.24) is 20.1 Å². The SMILES string of the molecule is COC(=O)N1CCN(C(=O)c2ncoc2[C@H](C)NC(=O)OC(C)(C)C)CC1C. The van der Waals surface area contributed by atoms with Crippen LogP contribution in [0.3, 0.4) is 0 Å². The lowest BCUT2D eigenvalue weighted by molar-refractivity contribution is 0.0455. The molecule has 0 saturated carbocycles. The van der Waals surface area contributed by atoms with Gasteiger partial charge in [0.2, 0.25) is 0 Å². The maximum atomic E-state index is 12.9. The molecule has 1 fully saturated rings. The van der Waals surface area contributed by atoms with E-state index in [-0.39, 0.29) is 23.4 Å². The molecule has 1 unspecified atom stereocenters. The summed E-state index contributed by atoms with van der Waals surface area (Å²) >= 11 is 0. The van der Waals surface area contributed by atoms with Gasteiger partial charge in [-0.3, -0.25) is 4.79 Å². The minimum atomic E-state index is -0.640. The van der Waals surface area contributed by atoms with Crippen LogP contribution >= 0.6 is 0 Å². The third kappa shape index (κ3) is 5.14. The quantitative estimate of drug-likeness (QED) is 0.833. The van der Waals surface area contributed by atoms with Crippen LogP contribution in [0.4, 0.5) is 9.59 Å². The fourth-order valence-electron chi connectivity index (χ4n) is 2.95. The summed E-state index contributed by atoms with van der Waals surface area (Å²) in [7, 11) is 1.33. The zero-order chi connectivity index (χ0) is 21.1. The van der Waals surface area contributed by atoms with E-state index in [4.69, 9.17) is 13.9 Å². The molecule has 156 valence electrons. The lowest BCUT2D eigenvalue weighted by Crippen LogP contribution is -2.55. The number of ether oxygens (including phenoxy) is 2. The van der Waals surface area contributed by atoms with Gasteiger partial charge in [0.05, 0.1) is 13.2 Å². The van der Waals surface area contributed by atoms with Gasteiger partial charge in [-0.05, 0) is 34.6 Å². The molecule has 1 aliphatic heterocycles. The molecule has 0 spiro atoms. The summed E-state index contributed by atoms with van der Waals surface area (Å²) in [6, 6.07) is -0.803. The molecule has 1 aromatic heterocycles. The molecule has 1 aliphatic rings. The van der Waals surface area contributed by atoms with Crippen LogP contribution in [0.1, 0.15) is 56.9 Å². The van der Waals surface area contributed by atoms with E-state index in [1.807, 2.05) is 6.92 Å². The van der Waals surface area contributed by atoms with Crippen molar-refractivity contribution in [2.45, 2.75) is 52.3 Å². The first kappa shape index (κ1) is 21.5. The van der Waals surface area contributed by atoms with Gasteiger partial charge in [-0.25, -0.2) is 14.6 Å². The van der Waals surface area contributed by atoms with E-state index in [0.29, 0.717) is 19.6 Å². The molecule has 3 amide bonds. The first-order chi connectivity index (χ1) is 13.0. The van der Waals surface area contributed by atoms with Crippen LogP contribution in [0.5, 0.6) is 0 Å². The summed E-state index contributed by atoms with van der Waals surface area (Å²) in [5.41, 5.74) is -0.512. The van der Waals surface area contributed by atoms with Crippen molar-refractivity contribution in [1.29, 1.82) is 0 Å². The first-order valence-corrected chi connectivity index (χ1v) is 9.10. The van der Waals surface area contributed by atoms with Gasteiger partial charge in [-0.2, -0.15) is 0 Å². The fourth-order valence-corrected chi connectivity index (χ4v) is 2.95. The Morgan fingerprint density at radius 3 is 2.57 bits per heavy atom. The van der Waals surface area contributed by atoms with Crippen molar-refractivity contribution in [2.24, 2.45) is 0 Å². The van der Waals surface area contributed by atoms with Crippen molar-refractivity contribution in [3.8, 4) is 0 Å². The van der Waals surface area contributed by atoms with Crippen LogP contribution in [-0.2, 0) is 9.47 Å². The summed E-state index contributed by atoms with van der Waals surface area (Å²) in [5, 5.41) is 2.64. The van der Waals surface area contributed by atoms with Crippen molar-refractivity contribution in [2.75, 3.05) is 26.7 Å². The Morgan fingerprint density at radius 2 is 2.00 bits per heavy atom. The van der Waals surface area contributed by atoms with E-state index in [0.717, 1.165) is 0 Å². The number of carbonyl (C=O) groups is 3. The van der Waals surface area contributed by atoms with Crippen molar-refractivity contribution >= 4 is 18.1 Å². The highest BCUT2D eigenvalue weighted by atomic mass is 16.6. The molecule has 1 aromatic rings. The number of rotatable bonds is 3. The van der Waals surface area contributed by atoms with E-state index in [1.54, 1.807) is 37.5 Å². The van der Waals surface area contributed by atoms with Gasteiger partial charge >= 0.3 is 12.2 Å². The summed E-state index contributed by atoms with van der Waals surface area (Å²) < 4.78 is 15.3. The number of piperazine rings is 1. The minimum Gasteiger partial charge on any atom is -0.453 e. The Balaban J connectivity index is 2.05. The number of hydrogen-bond acceptors (Lipinski definition) is 7. The molecular weight excluding hydrogens is 368 g/mol. The number of oxazole rings is 1. The topological polar surface area (TPSA) is 114 Å². The second-order valence-electron chi connectivity index (χ2n) is 7.70. The summed E-state index contributed by atoms with van der Waals surface area (Å²) in [5.74, 6) is -0.0723. The van der Waals surface area contributed by atoms with E-state index in [9.17, 15) is 14.4 Å². The second kappa shape index (κ2) is 8.49. The zero-order valence-corrected chi connectivity index (χ0v) is 17.1. The maximum Gasteiger partial charge on any atom is 0.409 e. The molecule has 0 radical (unpaired) electrons. The van der Waals surface area contributed by atoms with Crippen LogP contribution in [-0.4, -0.2) is 71.3 Å². The molecule has 2 heterocycles. The first-order valence-electron chi connectivity index (χ1n) is 9.10. The number of nitrogens with zero attached hydrogens (tertiary/aromatic N) is 3. The number of amides is 3. The van der Waals surface area contributed by atoms with Crippen molar-refractivity contribution in [3.05, 3.63) is 17.8 Å². The van der Waals surface area contributed by atoms with Crippen LogP contribution in [0.25, 0.3) is 0 Å². The molecule has 2 rings (SSSR count). The second-order valence-corrected chi connectivity index (χ2v) is 7.70. The predicted molar refractivity (Wildman–Crippen MR) is 98.8 cm³/mol. The Hall–Kier alpha value is -2.78. The number of alkyl carbamates (subject to hydrolysis) is 1. The van der Waals surface area contributed by atoms with Crippen LogP contribution in [0, 0.1) is 0 Å². The molecule has 2 atom stereocenters. The smallest absolute Gasteiger partial charge is 0.409 e. The Bertz CT molecular complexity index is 726. The van der Waals surface area contributed by atoms with Crippen LogP contribution in [0.15, 0.2) is 10.8 Å². The molecular formula is C18H28N4O6. The highest BCUT2D eigenvalue weighted by molar-refractivity contribution is 5.93. The molecule has 1 saturated heterocycles. The van der Waals surface area contributed by atoms with E-state index >= 15 is 0 Å². The molecule has 0 aliphatic carbocycles. The van der Waals surface area contributed by atoms with Gasteiger partial charge in [0.25, 0.3) is 5.91 Å². The van der Waals surface area contributed by atoms with Gasteiger partial charge in [-0.15, -0.1) is 0 Å². The molecule has 1 N–H and O–H groups in total. The summed E-state index contributed by atoms with van der Waals surface area (Å²) in [4.78, 5) is 43.9. The summed E-state index contributed by atoms with van der Waals surface area (Å²) in [6.45, 7) is 9.85. The monoisotopic (exact) mass is 396 g/mol. The zero-order valence-electron chi connectivity index (χ0n) is 17.1. The minimum absolute atomic E-state index is 0.127. The largest absolute Gasteiger partial charge is 0.453 e. The van der Waals surface area contributed by atoms with Gasteiger partial charge in [0.15, 0.2) is 17.8 Å². The molecule has 0 aromatic carbocycles. The standard InChI is InChI=1S/C18H28N4O6/c1-11-9-21(7-8-22(11)17(25)26-6)15(23)13-14(27-10-19-13)12(2)20-16(24)28-18(3,4)5/h10-12H,7-9H2,1-6H3,(H,20,24)/t11?,12-/m0/s1. The predicted octanol–water partition coefficient (Wildman–Crippen LogP) is 2.17. The number of carbonyl (C=O) groups excluding carboxylic acids is 3. The molecule has 28 heavy (non-hydrogen) atoms. The Morgan fingerprint density at radius 1 is 1.32 bits per heavy atom. The lowest BCUT2D eigenvalue weighted by atomic mass is 10.1. The van der Waals surface area contributed by atoms with Gasteiger partial charge in [-0.1, -0.05) is 0 Å². The lowest BCUT2D eigenvalue weighted by Gasteiger charge is -2.38. The average molecular weight is 396 g/mol. The van der Waals surface area contributed by atoms with E-state index < -0.39 is 23.8 Å². The maximum absolute atomic E-state index is 12.9. The average Bonchev–Trinajstić information content (AvgIpc) is 3.08. The Kier molecular flexibility index (Phi) is 6.52. The molecule has 10 heteroatoms. The van der Waals surface area contributed by atoms with Gasteiger partial charge in [0, 0.05) is 25.7 Å². The van der Waals surface area contributed by atoms with E-state index in [1.165, 1.54) is 13.5 Å². The highest BCUT2D eigenvalue weighted by Crippen LogP contribution is 2.21. The Labute approximate surface area is 164 Å². The summed E-state index contributed by atoms with van der Waals surface area (Å²) in [6.07, 6.45) is 0.135. The van der Waals surface area contributed by atoms with Crippen LogP contribution in [0.2, 0.25) is 0 Å². The molecule has 0 bridgehead atoms. The number of aromatic nitrogens is 1. The van der Waals surface area contributed by atoms with E-state index in [2.05, 4.69) is 10.3 Å². The number of nitrogens with one attached hydrogen (secondary N) is 1. The number of hydrogen-bond donors (Lipinski definition) is 1.